The molecule has 0 heterocycles. The van der Waals surface area contributed by atoms with Crippen LogP contribution in [0, 0.1) is 6.92 Å². The van der Waals surface area contributed by atoms with Crippen molar-refractivity contribution in [2.45, 2.75) is 11.8 Å². The lowest BCUT2D eigenvalue weighted by Crippen LogP contribution is -2.17. The number of amides is 1. The summed E-state index contributed by atoms with van der Waals surface area (Å²) in [5.74, 6) is -0.246. The summed E-state index contributed by atoms with van der Waals surface area (Å²) in [5, 5.41) is 4.44. The fourth-order valence-corrected chi connectivity index (χ4v) is 4.03. The highest BCUT2D eigenvalue weighted by Crippen LogP contribution is 2.28. The quantitative estimate of drug-likeness (QED) is 0.291. The second-order valence-corrected chi connectivity index (χ2v) is 9.08. The van der Waals surface area contributed by atoms with Gasteiger partial charge in [0.2, 0.25) is 0 Å². The first-order valence-electron chi connectivity index (χ1n) is 8.64. The Morgan fingerprint density at radius 3 is 2.37 bits per heavy atom. The van der Waals surface area contributed by atoms with E-state index in [1.165, 1.54) is 24.4 Å². The minimum Gasteiger partial charge on any atom is -0.378 e. The molecule has 3 aromatic carbocycles. The van der Waals surface area contributed by atoms with Crippen LogP contribution in [0.2, 0.25) is 5.02 Å². The van der Waals surface area contributed by atoms with Gasteiger partial charge in [0.15, 0.2) is 5.75 Å². The van der Waals surface area contributed by atoms with E-state index < -0.39 is 10.1 Å². The van der Waals surface area contributed by atoms with Crippen LogP contribution in [0.4, 0.5) is 0 Å². The lowest BCUT2D eigenvalue weighted by molar-refractivity contribution is 0.0955. The first kappa shape index (κ1) is 22.0. The summed E-state index contributed by atoms with van der Waals surface area (Å²) < 4.78 is 30.5. The predicted molar refractivity (Wildman–Crippen MR) is 120 cm³/mol. The Kier molecular flexibility index (Phi) is 6.91. The summed E-state index contributed by atoms with van der Waals surface area (Å²) in [4.78, 5) is 12.1. The maximum atomic E-state index is 12.4. The van der Waals surface area contributed by atoms with Gasteiger partial charge in [-0.15, -0.1) is 0 Å². The number of rotatable bonds is 6. The number of aryl methyl sites for hydroxylation is 1. The highest BCUT2D eigenvalue weighted by molar-refractivity contribution is 9.10. The Balaban J connectivity index is 1.67. The van der Waals surface area contributed by atoms with Crippen LogP contribution in [-0.2, 0) is 10.1 Å². The van der Waals surface area contributed by atoms with Crippen LogP contribution in [0.1, 0.15) is 21.5 Å². The van der Waals surface area contributed by atoms with Crippen LogP contribution >= 0.6 is 27.5 Å². The average molecular weight is 508 g/mol. The van der Waals surface area contributed by atoms with E-state index in [0.717, 1.165) is 5.56 Å². The summed E-state index contributed by atoms with van der Waals surface area (Å²) in [6.07, 6.45) is 1.43. The topological polar surface area (TPSA) is 84.8 Å². The van der Waals surface area contributed by atoms with Gasteiger partial charge in [-0.1, -0.05) is 29.3 Å². The molecule has 0 unspecified atom stereocenters. The monoisotopic (exact) mass is 506 g/mol. The zero-order valence-corrected chi connectivity index (χ0v) is 18.8. The van der Waals surface area contributed by atoms with E-state index in [-0.39, 0.29) is 16.6 Å². The second kappa shape index (κ2) is 9.42. The summed E-state index contributed by atoms with van der Waals surface area (Å²) in [6.45, 7) is 1.87. The highest BCUT2D eigenvalue weighted by atomic mass is 79.9. The second-order valence-electron chi connectivity index (χ2n) is 6.25. The Morgan fingerprint density at radius 2 is 1.73 bits per heavy atom. The third-order valence-corrected chi connectivity index (χ3v) is 6.07. The molecule has 30 heavy (non-hydrogen) atoms. The number of nitrogens with zero attached hydrogens (tertiary/aromatic N) is 1. The molecule has 1 N–H and O–H groups in total. The van der Waals surface area contributed by atoms with Gasteiger partial charge in [-0.25, -0.2) is 5.43 Å². The zero-order valence-electron chi connectivity index (χ0n) is 15.7. The number of benzene rings is 3. The van der Waals surface area contributed by atoms with Crippen molar-refractivity contribution in [2.24, 2.45) is 5.10 Å². The number of hydrogen-bond donors (Lipinski definition) is 1. The molecular weight excluding hydrogens is 492 g/mol. The lowest BCUT2D eigenvalue weighted by atomic mass is 10.2. The number of hydrogen-bond acceptors (Lipinski definition) is 5. The molecule has 0 fully saturated rings. The summed E-state index contributed by atoms with van der Waals surface area (Å²) in [7, 11) is -3.96. The van der Waals surface area contributed by atoms with Crippen LogP contribution in [0.15, 0.2) is 81.2 Å². The van der Waals surface area contributed by atoms with Gasteiger partial charge < -0.3 is 4.18 Å². The van der Waals surface area contributed by atoms with Crippen LogP contribution in [0.5, 0.6) is 5.75 Å². The van der Waals surface area contributed by atoms with Crippen molar-refractivity contribution in [2.75, 3.05) is 0 Å². The smallest absolute Gasteiger partial charge is 0.339 e. The van der Waals surface area contributed by atoms with Crippen molar-refractivity contribution in [1.82, 2.24) is 5.43 Å². The van der Waals surface area contributed by atoms with Crippen molar-refractivity contribution in [3.63, 3.8) is 0 Å². The van der Waals surface area contributed by atoms with E-state index in [9.17, 15) is 13.2 Å². The maximum absolute atomic E-state index is 12.4. The molecule has 0 saturated heterocycles. The third kappa shape index (κ3) is 5.69. The SMILES string of the molecule is Cc1ccc(S(=O)(=O)Oc2ccc(/C=N\NC(=O)c3ccc(Cl)cc3)cc2Br)cc1. The van der Waals surface area contributed by atoms with Crippen LogP contribution in [0.25, 0.3) is 0 Å². The Morgan fingerprint density at radius 1 is 1.07 bits per heavy atom. The maximum Gasteiger partial charge on any atom is 0.339 e. The predicted octanol–water partition coefficient (Wildman–Crippen LogP) is 4.94. The molecule has 0 aromatic heterocycles. The molecule has 0 atom stereocenters. The molecule has 0 saturated carbocycles. The molecule has 1 amide bonds. The van der Waals surface area contributed by atoms with Crippen molar-refractivity contribution in [1.29, 1.82) is 0 Å². The molecule has 0 radical (unpaired) electrons. The van der Waals surface area contributed by atoms with E-state index in [2.05, 4.69) is 26.5 Å². The van der Waals surface area contributed by atoms with Crippen molar-refractivity contribution in [3.8, 4) is 5.75 Å². The molecule has 0 aliphatic carbocycles. The first-order valence-corrected chi connectivity index (χ1v) is 11.2. The van der Waals surface area contributed by atoms with E-state index in [1.54, 1.807) is 48.5 Å². The molecule has 3 aromatic rings. The zero-order chi connectivity index (χ0) is 21.7. The lowest BCUT2D eigenvalue weighted by Gasteiger charge is -2.09. The van der Waals surface area contributed by atoms with Crippen molar-refractivity contribution >= 4 is 49.8 Å². The van der Waals surface area contributed by atoms with E-state index in [0.29, 0.717) is 20.6 Å². The number of carbonyl (C=O) groups excluding carboxylic acids is 1. The van der Waals surface area contributed by atoms with Gasteiger partial charge in [-0.05, 0) is 83.0 Å². The molecule has 0 aliphatic rings. The standard InChI is InChI=1S/C21H16BrClN2O4S/c1-14-2-9-18(10-3-14)30(27,28)29-20-11-4-15(12-19(20)22)13-24-25-21(26)16-5-7-17(23)8-6-16/h2-13H,1H3,(H,25,26)/b24-13-. The van der Waals surface area contributed by atoms with Gasteiger partial charge in [0.25, 0.3) is 5.91 Å². The summed E-state index contributed by atoms with van der Waals surface area (Å²) >= 11 is 9.09. The van der Waals surface area contributed by atoms with Gasteiger partial charge in [-0.3, -0.25) is 4.79 Å². The average Bonchev–Trinajstić information content (AvgIpc) is 2.70. The number of nitrogens with one attached hydrogen (secondary N) is 1. The van der Waals surface area contributed by atoms with Crippen molar-refractivity contribution in [3.05, 3.63) is 92.9 Å². The summed E-state index contributed by atoms with van der Waals surface area (Å²) in [6, 6.07) is 17.5. The first-order chi connectivity index (χ1) is 14.2. The van der Waals surface area contributed by atoms with Crippen LogP contribution in [-0.4, -0.2) is 20.5 Å². The Hall–Kier alpha value is -2.68. The third-order valence-electron chi connectivity index (χ3n) is 3.95. The van der Waals surface area contributed by atoms with Crippen molar-refractivity contribution < 1.29 is 17.4 Å². The molecule has 9 heteroatoms. The Bertz CT molecular complexity index is 1190. The van der Waals surface area contributed by atoms with E-state index in [1.807, 2.05) is 6.92 Å². The summed E-state index contributed by atoms with van der Waals surface area (Å²) in [5.41, 5.74) is 4.40. The fraction of sp³-hybridized carbons (Fsp3) is 0.0476. The van der Waals surface area contributed by atoms with Gasteiger partial charge >= 0.3 is 10.1 Å². The van der Waals surface area contributed by atoms with Crippen LogP contribution < -0.4 is 9.61 Å². The molecule has 0 spiro atoms. The molecule has 154 valence electrons. The van der Waals surface area contributed by atoms with Gasteiger partial charge in [0.05, 0.1) is 10.7 Å². The Labute approximate surface area is 187 Å². The number of carbonyl (C=O) groups is 1. The minimum absolute atomic E-state index is 0.0653. The number of hydrazone groups is 1. The molecular formula is C21H16BrClN2O4S. The largest absolute Gasteiger partial charge is 0.378 e. The molecule has 0 bridgehead atoms. The van der Waals surface area contributed by atoms with E-state index in [4.69, 9.17) is 15.8 Å². The van der Waals surface area contributed by atoms with Gasteiger partial charge in [0.1, 0.15) is 4.90 Å². The number of halogens is 2. The molecule has 6 nitrogen and oxygen atoms in total. The van der Waals surface area contributed by atoms with Crippen LogP contribution in [0.3, 0.4) is 0 Å². The fourth-order valence-electron chi connectivity index (χ4n) is 2.37. The molecule has 3 rings (SSSR count). The minimum atomic E-state index is -3.96. The van der Waals surface area contributed by atoms with Gasteiger partial charge in [0, 0.05) is 10.6 Å². The normalized spacial score (nSPS) is 11.4. The highest BCUT2D eigenvalue weighted by Gasteiger charge is 2.18. The van der Waals surface area contributed by atoms with Gasteiger partial charge in [-0.2, -0.15) is 13.5 Å². The molecule has 0 aliphatic heterocycles. The van der Waals surface area contributed by atoms with E-state index >= 15 is 0 Å².